The van der Waals surface area contributed by atoms with E-state index in [4.69, 9.17) is 0 Å². The van der Waals surface area contributed by atoms with E-state index in [-0.39, 0.29) is 11.7 Å². The number of piperazine rings is 1. The van der Waals surface area contributed by atoms with Gasteiger partial charge < -0.3 is 10.0 Å². The quantitative estimate of drug-likeness (QED) is 0.881. The fourth-order valence-corrected chi connectivity index (χ4v) is 4.72. The van der Waals surface area contributed by atoms with E-state index in [9.17, 15) is 9.90 Å². The van der Waals surface area contributed by atoms with E-state index >= 15 is 0 Å². The van der Waals surface area contributed by atoms with E-state index in [0.717, 1.165) is 62.7 Å². The van der Waals surface area contributed by atoms with Gasteiger partial charge >= 0.3 is 0 Å². The fraction of sp³-hybridized carbons (Fsp3) is 0.688. The lowest BCUT2D eigenvalue weighted by molar-refractivity contribution is 0.0671. The van der Waals surface area contributed by atoms with Crippen LogP contribution in [0.25, 0.3) is 4.96 Å². The zero-order valence-electron chi connectivity index (χ0n) is 13.9. The number of aryl methyl sites for hydroxylation is 1. The molecule has 4 rings (SSSR count). The van der Waals surface area contributed by atoms with E-state index in [0.29, 0.717) is 11.0 Å². The highest BCUT2D eigenvalue weighted by Gasteiger charge is 2.33. The van der Waals surface area contributed by atoms with Crippen molar-refractivity contribution in [3.8, 4) is 0 Å². The molecule has 0 unspecified atom stereocenters. The number of hydrogen-bond donors (Lipinski definition) is 1. The third kappa shape index (κ3) is 2.82. The molecular formula is C16H23N5O2S. The number of hydrogen-bond acceptors (Lipinski definition) is 7. The van der Waals surface area contributed by atoms with Crippen LogP contribution in [0.4, 0.5) is 5.13 Å². The summed E-state index contributed by atoms with van der Waals surface area (Å²) in [7, 11) is 0. The normalized spacial score (nSPS) is 25.7. The second-order valence-corrected chi connectivity index (χ2v) is 7.54. The minimum absolute atomic E-state index is 0.105. The van der Waals surface area contributed by atoms with Gasteiger partial charge in [-0.2, -0.15) is 4.52 Å². The van der Waals surface area contributed by atoms with Gasteiger partial charge in [-0.25, -0.2) is 4.98 Å². The molecule has 2 fully saturated rings. The molecule has 1 aliphatic carbocycles. The van der Waals surface area contributed by atoms with Crippen LogP contribution in [0.3, 0.4) is 0 Å². The lowest BCUT2D eigenvalue weighted by Crippen LogP contribution is -2.52. The second kappa shape index (κ2) is 6.42. The molecule has 2 aromatic rings. The predicted molar refractivity (Wildman–Crippen MR) is 93.9 cm³/mol. The van der Waals surface area contributed by atoms with E-state index in [1.54, 1.807) is 6.07 Å². The molecule has 3 heterocycles. The van der Waals surface area contributed by atoms with Crippen molar-refractivity contribution in [1.82, 2.24) is 19.5 Å². The Hall–Kier alpha value is -1.51. The molecule has 2 atom stereocenters. The molecular weight excluding hydrogens is 326 g/mol. The molecule has 0 bridgehead atoms. The van der Waals surface area contributed by atoms with Crippen molar-refractivity contribution < 1.29 is 5.11 Å². The van der Waals surface area contributed by atoms with Gasteiger partial charge in [0.25, 0.3) is 5.56 Å². The SMILES string of the molecule is CCc1cc(=O)n2nc(N3CCN([C@@H]4CCC[C@H]4O)CC3)sc2n1. The van der Waals surface area contributed by atoms with Crippen molar-refractivity contribution in [3.63, 3.8) is 0 Å². The molecule has 0 radical (unpaired) electrons. The summed E-state index contributed by atoms with van der Waals surface area (Å²) < 4.78 is 1.41. The van der Waals surface area contributed by atoms with Crippen LogP contribution < -0.4 is 10.5 Å². The highest BCUT2D eigenvalue weighted by Crippen LogP contribution is 2.27. The Kier molecular flexibility index (Phi) is 4.28. The van der Waals surface area contributed by atoms with Crippen LogP contribution in [-0.4, -0.2) is 62.9 Å². The molecule has 0 aromatic carbocycles. The maximum atomic E-state index is 12.1. The number of anilines is 1. The average Bonchev–Trinajstić information content (AvgIpc) is 3.21. The Bertz CT molecular complexity index is 780. The van der Waals surface area contributed by atoms with E-state index in [1.807, 2.05) is 6.92 Å². The molecule has 1 N–H and O–H groups in total. The molecule has 1 aliphatic heterocycles. The monoisotopic (exact) mass is 349 g/mol. The number of rotatable bonds is 3. The Morgan fingerprint density at radius 1 is 1.29 bits per heavy atom. The number of aliphatic hydroxyl groups excluding tert-OH is 1. The second-order valence-electron chi connectivity index (χ2n) is 6.61. The number of aromatic nitrogens is 3. The molecule has 0 amide bonds. The summed E-state index contributed by atoms with van der Waals surface area (Å²) in [6.07, 6.45) is 3.73. The molecule has 2 aliphatic rings. The standard InChI is InChI=1S/C16H23N5O2S/c1-2-11-10-14(23)21-15(17-11)24-16(18-21)20-8-6-19(7-9-20)12-4-3-5-13(12)22/h10,12-13,22H,2-9H2,1H3/t12-,13-/m1/s1. The van der Waals surface area contributed by atoms with Crippen LogP contribution in [0.5, 0.6) is 0 Å². The van der Waals surface area contributed by atoms with Gasteiger partial charge in [-0.1, -0.05) is 18.3 Å². The molecule has 2 aromatic heterocycles. The minimum Gasteiger partial charge on any atom is -0.391 e. The molecule has 130 valence electrons. The van der Waals surface area contributed by atoms with Gasteiger partial charge in [0.15, 0.2) is 0 Å². The lowest BCUT2D eigenvalue weighted by atomic mass is 10.1. The molecule has 1 saturated heterocycles. The first-order valence-corrected chi connectivity index (χ1v) is 9.54. The highest BCUT2D eigenvalue weighted by atomic mass is 32.1. The topological polar surface area (TPSA) is 74.0 Å². The number of fused-ring (bicyclic) bond motifs is 1. The molecule has 0 spiro atoms. The van der Waals surface area contributed by atoms with Gasteiger partial charge in [-0.15, -0.1) is 5.10 Å². The van der Waals surface area contributed by atoms with Crippen LogP contribution in [0.2, 0.25) is 0 Å². The largest absolute Gasteiger partial charge is 0.391 e. The van der Waals surface area contributed by atoms with Crippen LogP contribution in [0, 0.1) is 0 Å². The summed E-state index contributed by atoms with van der Waals surface area (Å²) >= 11 is 1.48. The highest BCUT2D eigenvalue weighted by molar-refractivity contribution is 7.20. The van der Waals surface area contributed by atoms with Crippen molar-refractivity contribution in [2.45, 2.75) is 44.8 Å². The third-order valence-electron chi connectivity index (χ3n) is 5.15. The first-order valence-electron chi connectivity index (χ1n) is 8.72. The van der Waals surface area contributed by atoms with E-state index in [2.05, 4.69) is 19.9 Å². The van der Waals surface area contributed by atoms with Crippen molar-refractivity contribution in [3.05, 3.63) is 22.1 Å². The Morgan fingerprint density at radius 2 is 2.08 bits per heavy atom. The predicted octanol–water partition coefficient (Wildman–Crippen LogP) is 0.749. The van der Waals surface area contributed by atoms with Gasteiger partial charge in [-0.3, -0.25) is 9.69 Å². The maximum absolute atomic E-state index is 12.1. The van der Waals surface area contributed by atoms with Gasteiger partial charge in [-0.05, 0) is 25.7 Å². The third-order valence-corrected chi connectivity index (χ3v) is 6.12. The summed E-state index contributed by atoms with van der Waals surface area (Å²) in [5.41, 5.74) is 0.710. The minimum atomic E-state index is -0.172. The van der Waals surface area contributed by atoms with E-state index in [1.165, 1.54) is 15.9 Å². The zero-order valence-corrected chi connectivity index (χ0v) is 14.7. The Labute approximate surface area is 144 Å². The number of nitrogens with zero attached hydrogens (tertiary/aromatic N) is 5. The molecule has 1 saturated carbocycles. The summed E-state index contributed by atoms with van der Waals surface area (Å²) in [6, 6.07) is 1.88. The Morgan fingerprint density at radius 3 is 2.75 bits per heavy atom. The van der Waals surface area contributed by atoms with Crippen LogP contribution in [0.1, 0.15) is 31.9 Å². The van der Waals surface area contributed by atoms with E-state index < -0.39 is 0 Å². The molecule has 24 heavy (non-hydrogen) atoms. The van der Waals surface area contributed by atoms with Gasteiger partial charge in [0.1, 0.15) is 0 Å². The smallest absolute Gasteiger partial charge is 0.275 e. The molecule has 8 heteroatoms. The first kappa shape index (κ1) is 16.0. The van der Waals surface area contributed by atoms with Crippen molar-refractivity contribution >= 4 is 21.4 Å². The summed E-state index contributed by atoms with van der Waals surface area (Å²) in [4.78, 5) is 21.9. The van der Waals surface area contributed by atoms with Crippen LogP contribution in [0.15, 0.2) is 10.9 Å². The number of aliphatic hydroxyl groups is 1. The lowest BCUT2D eigenvalue weighted by Gasteiger charge is -2.38. The fourth-order valence-electron chi connectivity index (χ4n) is 3.75. The maximum Gasteiger partial charge on any atom is 0.275 e. The summed E-state index contributed by atoms with van der Waals surface area (Å²) in [6.45, 7) is 5.61. The van der Waals surface area contributed by atoms with Crippen LogP contribution in [-0.2, 0) is 6.42 Å². The summed E-state index contributed by atoms with van der Waals surface area (Å²) in [5.74, 6) is 0. The zero-order chi connectivity index (χ0) is 16.7. The molecule has 7 nitrogen and oxygen atoms in total. The average molecular weight is 349 g/mol. The van der Waals surface area contributed by atoms with Gasteiger partial charge in [0.05, 0.1) is 6.10 Å². The van der Waals surface area contributed by atoms with Crippen molar-refractivity contribution in [1.29, 1.82) is 0 Å². The summed E-state index contributed by atoms with van der Waals surface area (Å²) in [5, 5.41) is 15.4. The van der Waals surface area contributed by atoms with Gasteiger partial charge in [0.2, 0.25) is 10.1 Å². The van der Waals surface area contributed by atoms with Crippen LogP contribution >= 0.6 is 11.3 Å². The van der Waals surface area contributed by atoms with Crippen molar-refractivity contribution in [2.24, 2.45) is 0 Å². The Balaban J connectivity index is 1.50. The first-order chi connectivity index (χ1) is 11.7. The van der Waals surface area contributed by atoms with Gasteiger partial charge in [0, 0.05) is 44.0 Å². The van der Waals surface area contributed by atoms with Crippen molar-refractivity contribution in [2.75, 3.05) is 31.1 Å².